The molecule has 5 nitrogen and oxygen atoms in total. The van der Waals surface area contributed by atoms with Gasteiger partial charge in [-0.3, -0.25) is 0 Å². The van der Waals surface area contributed by atoms with E-state index in [1.165, 1.54) is 0 Å². The fourth-order valence-electron chi connectivity index (χ4n) is 2.50. The van der Waals surface area contributed by atoms with Crippen LogP contribution in [0, 0.1) is 0 Å². The van der Waals surface area contributed by atoms with Gasteiger partial charge >= 0.3 is 5.97 Å². The number of ether oxygens (including phenoxy) is 1. The third kappa shape index (κ3) is 3.05. The number of carboxylic acid groups (broad SMARTS) is 1. The summed E-state index contributed by atoms with van der Waals surface area (Å²) in [7, 11) is 0. The molecule has 0 saturated carbocycles. The van der Waals surface area contributed by atoms with E-state index >= 15 is 0 Å². The van der Waals surface area contributed by atoms with E-state index in [9.17, 15) is 15.0 Å². The third-order valence-corrected chi connectivity index (χ3v) is 3.16. The SMILES string of the molecule is CC1(C)CN(c2ccccc2C(=O)O)CC(CO)O1. The summed E-state index contributed by atoms with van der Waals surface area (Å²) in [6, 6.07) is 6.91. The normalized spacial score (nSPS) is 22.3. The highest BCUT2D eigenvalue weighted by Gasteiger charge is 2.34. The maximum atomic E-state index is 11.3. The van der Waals surface area contributed by atoms with E-state index in [1.54, 1.807) is 18.2 Å². The van der Waals surface area contributed by atoms with Gasteiger partial charge in [0.2, 0.25) is 0 Å². The van der Waals surface area contributed by atoms with Crippen molar-refractivity contribution in [2.24, 2.45) is 0 Å². The molecule has 1 aliphatic heterocycles. The minimum atomic E-state index is -0.944. The van der Waals surface area contributed by atoms with Gasteiger partial charge in [0.1, 0.15) is 0 Å². The molecular formula is C14H19NO4. The van der Waals surface area contributed by atoms with Gasteiger partial charge in [-0.15, -0.1) is 0 Å². The van der Waals surface area contributed by atoms with Crippen LogP contribution in [-0.2, 0) is 4.74 Å². The number of anilines is 1. The summed E-state index contributed by atoms with van der Waals surface area (Å²) in [6.07, 6.45) is -0.300. The van der Waals surface area contributed by atoms with E-state index in [-0.39, 0.29) is 18.3 Å². The van der Waals surface area contributed by atoms with Crippen LogP contribution < -0.4 is 4.90 Å². The maximum Gasteiger partial charge on any atom is 0.337 e. The number of carbonyl (C=O) groups is 1. The molecule has 1 aromatic rings. The first-order valence-electron chi connectivity index (χ1n) is 6.29. The molecule has 2 rings (SSSR count). The summed E-state index contributed by atoms with van der Waals surface area (Å²) >= 11 is 0. The van der Waals surface area contributed by atoms with Crippen molar-refractivity contribution in [3.05, 3.63) is 29.8 Å². The fraction of sp³-hybridized carbons (Fsp3) is 0.500. The van der Waals surface area contributed by atoms with Crippen molar-refractivity contribution in [1.29, 1.82) is 0 Å². The van der Waals surface area contributed by atoms with Crippen LogP contribution in [0.1, 0.15) is 24.2 Å². The largest absolute Gasteiger partial charge is 0.478 e. The molecule has 0 aliphatic carbocycles. The Bertz CT molecular complexity index is 472. The van der Waals surface area contributed by atoms with Gasteiger partial charge < -0.3 is 19.8 Å². The maximum absolute atomic E-state index is 11.3. The number of rotatable bonds is 3. The molecule has 2 N–H and O–H groups in total. The molecule has 5 heteroatoms. The first-order valence-corrected chi connectivity index (χ1v) is 6.29. The van der Waals surface area contributed by atoms with E-state index in [1.807, 2.05) is 24.8 Å². The Balaban J connectivity index is 2.33. The number of aliphatic hydroxyl groups is 1. The van der Waals surface area contributed by atoms with Crippen LogP contribution >= 0.6 is 0 Å². The Labute approximate surface area is 112 Å². The Hall–Kier alpha value is -1.59. The van der Waals surface area contributed by atoms with Crippen molar-refractivity contribution in [3.8, 4) is 0 Å². The molecular weight excluding hydrogens is 246 g/mol. The number of para-hydroxylation sites is 1. The number of benzene rings is 1. The van der Waals surface area contributed by atoms with Crippen LogP contribution in [0.15, 0.2) is 24.3 Å². The van der Waals surface area contributed by atoms with Gasteiger partial charge in [0, 0.05) is 13.1 Å². The molecule has 1 atom stereocenters. The second kappa shape index (κ2) is 5.19. The monoisotopic (exact) mass is 265 g/mol. The Morgan fingerprint density at radius 2 is 2.16 bits per heavy atom. The quantitative estimate of drug-likeness (QED) is 0.863. The average molecular weight is 265 g/mol. The highest BCUT2D eigenvalue weighted by atomic mass is 16.5. The molecule has 0 amide bonds. The van der Waals surface area contributed by atoms with Crippen LogP contribution in [0.3, 0.4) is 0 Å². The molecule has 0 spiro atoms. The smallest absolute Gasteiger partial charge is 0.337 e. The van der Waals surface area contributed by atoms with Crippen molar-refractivity contribution in [2.75, 3.05) is 24.6 Å². The van der Waals surface area contributed by atoms with Crippen LogP contribution in [0.4, 0.5) is 5.69 Å². The molecule has 1 aromatic carbocycles. The Morgan fingerprint density at radius 1 is 1.47 bits per heavy atom. The van der Waals surface area contributed by atoms with E-state index in [0.29, 0.717) is 18.8 Å². The Morgan fingerprint density at radius 3 is 2.79 bits per heavy atom. The lowest BCUT2D eigenvalue weighted by atomic mass is 10.0. The van der Waals surface area contributed by atoms with Gasteiger partial charge in [-0.2, -0.15) is 0 Å². The van der Waals surface area contributed by atoms with Gasteiger partial charge in [0.15, 0.2) is 0 Å². The van der Waals surface area contributed by atoms with E-state index in [2.05, 4.69) is 0 Å². The summed E-state index contributed by atoms with van der Waals surface area (Å²) in [4.78, 5) is 13.2. The number of hydrogen-bond donors (Lipinski definition) is 2. The molecule has 0 bridgehead atoms. The molecule has 1 heterocycles. The van der Waals surface area contributed by atoms with Crippen LogP contribution in [0.25, 0.3) is 0 Å². The standard InChI is InChI=1S/C14H19NO4/c1-14(2)9-15(7-10(8-16)19-14)12-6-4-3-5-11(12)13(17)18/h3-6,10,16H,7-9H2,1-2H3,(H,17,18). The van der Waals surface area contributed by atoms with Crippen molar-refractivity contribution in [1.82, 2.24) is 0 Å². The number of aliphatic hydroxyl groups excluding tert-OH is 1. The Kier molecular flexibility index (Phi) is 3.78. The first kappa shape index (κ1) is 13.8. The fourth-order valence-corrected chi connectivity index (χ4v) is 2.50. The molecule has 1 unspecified atom stereocenters. The zero-order valence-electron chi connectivity index (χ0n) is 11.2. The highest BCUT2D eigenvalue weighted by Crippen LogP contribution is 2.28. The van der Waals surface area contributed by atoms with Gasteiger partial charge in [0.25, 0.3) is 0 Å². The number of nitrogens with zero attached hydrogens (tertiary/aromatic N) is 1. The number of hydrogen-bond acceptors (Lipinski definition) is 4. The second-order valence-electron chi connectivity index (χ2n) is 5.38. The summed E-state index contributed by atoms with van der Waals surface area (Å²) < 4.78 is 5.74. The highest BCUT2D eigenvalue weighted by molar-refractivity contribution is 5.94. The third-order valence-electron chi connectivity index (χ3n) is 3.16. The van der Waals surface area contributed by atoms with Gasteiger partial charge in [-0.1, -0.05) is 12.1 Å². The molecule has 1 fully saturated rings. The molecule has 19 heavy (non-hydrogen) atoms. The van der Waals surface area contributed by atoms with Crippen molar-refractivity contribution < 1.29 is 19.7 Å². The molecule has 1 aliphatic rings. The first-order chi connectivity index (χ1) is 8.93. The lowest BCUT2D eigenvalue weighted by molar-refractivity contribution is -0.101. The lowest BCUT2D eigenvalue weighted by Crippen LogP contribution is -2.54. The molecule has 104 valence electrons. The van der Waals surface area contributed by atoms with Gasteiger partial charge in [-0.25, -0.2) is 4.79 Å². The van der Waals surface area contributed by atoms with Gasteiger partial charge in [0.05, 0.1) is 29.6 Å². The van der Waals surface area contributed by atoms with Crippen molar-refractivity contribution in [2.45, 2.75) is 25.6 Å². The van der Waals surface area contributed by atoms with Crippen molar-refractivity contribution in [3.63, 3.8) is 0 Å². The molecule has 0 radical (unpaired) electrons. The summed E-state index contributed by atoms with van der Waals surface area (Å²) in [5.41, 5.74) is 0.527. The predicted octanol–water partition coefficient (Wildman–Crippen LogP) is 1.36. The van der Waals surface area contributed by atoms with E-state index in [4.69, 9.17) is 4.74 Å². The molecule has 1 saturated heterocycles. The van der Waals surface area contributed by atoms with E-state index in [0.717, 1.165) is 0 Å². The summed E-state index contributed by atoms with van der Waals surface area (Å²) in [5.74, 6) is -0.944. The molecule has 0 aromatic heterocycles. The summed E-state index contributed by atoms with van der Waals surface area (Å²) in [6.45, 7) is 4.88. The zero-order chi connectivity index (χ0) is 14.0. The second-order valence-corrected chi connectivity index (χ2v) is 5.38. The number of morpholine rings is 1. The lowest BCUT2D eigenvalue weighted by Gasteiger charge is -2.43. The topological polar surface area (TPSA) is 70.0 Å². The van der Waals surface area contributed by atoms with E-state index < -0.39 is 11.6 Å². The number of carboxylic acids is 1. The minimum Gasteiger partial charge on any atom is -0.478 e. The summed E-state index contributed by atoms with van der Waals surface area (Å²) in [5, 5.41) is 18.5. The zero-order valence-corrected chi connectivity index (χ0v) is 11.2. The average Bonchev–Trinajstić information content (AvgIpc) is 2.36. The van der Waals surface area contributed by atoms with Crippen LogP contribution in [0.2, 0.25) is 0 Å². The minimum absolute atomic E-state index is 0.0742. The predicted molar refractivity (Wildman–Crippen MR) is 71.7 cm³/mol. The number of aromatic carboxylic acids is 1. The van der Waals surface area contributed by atoms with Crippen LogP contribution in [0.5, 0.6) is 0 Å². The van der Waals surface area contributed by atoms with Crippen LogP contribution in [-0.4, -0.2) is 47.6 Å². The van der Waals surface area contributed by atoms with Gasteiger partial charge in [-0.05, 0) is 26.0 Å². The van der Waals surface area contributed by atoms with Crippen molar-refractivity contribution >= 4 is 11.7 Å².